The summed E-state index contributed by atoms with van der Waals surface area (Å²) in [6.45, 7) is -0.173. The molecule has 9 heteroatoms. The minimum Gasteiger partial charge on any atom is -0.497 e. The van der Waals surface area contributed by atoms with Crippen LogP contribution in [0.2, 0.25) is 5.02 Å². The molecule has 0 spiro atoms. The van der Waals surface area contributed by atoms with E-state index in [2.05, 4.69) is 0 Å². The van der Waals surface area contributed by atoms with E-state index in [1.165, 1.54) is 9.91 Å². The molecule has 0 unspecified atom stereocenters. The van der Waals surface area contributed by atoms with Crippen LogP contribution in [0, 0.1) is 0 Å². The van der Waals surface area contributed by atoms with Crippen molar-refractivity contribution < 1.29 is 23.8 Å². The van der Waals surface area contributed by atoms with Crippen LogP contribution in [0.15, 0.2) is 71.8 Å². The third-order valence-corrected chi connectivity index (χ3v) is 6.54. The van der Waals surface area contributed by atoms with Crippen LogP contribution in [0.4, 0.5) is 0 Å². The molecule has 0 fully saturated rings. The Morgan fingerprint density at radius 2 is 1.65 bits per heavy atom. The van der Waals surface area contributed by atoms with Gasteiger partial charge in [0, 0.05) is 25.1 Å². The summed E-state index contributed by atoms with van der Waals surface area (Å²) in [5.41, 5.74) is 2.67. The Hall–Kier alpha value is -4.04. The molecule has 0 saturated heterocycles. The van der Waals surface area contributed by atoms with Crippen LogP contribution in [0.5, 0.6) is 17.2 Å². The topological polar surface area (TPSA) is 80.7 Å². The highest BCUT2D eigenvalue weighted by Gasteiger charge is 2.35. The molecule has 3 aromatic carbocycles. The van der Waals surface area contributed by atoms with Gasteiger partial charge in [-0.1, -0.05) is 35.9 Å². The number of carbonyl (C=O) groups excluding carboxylic acids is 2. The van der Waals surface area contributed by atoms with Crippen molar-refractivity contribution in [3.63, 3.8) is 0 Å². The van der Waals surface area contributed by atoms with E-state index in [4.69, 9.17) is 30.9 Å². The molecule has 0 saturated carbocycles. The predicted molar refractivity (Wildman–Crippen MR) is 142 cm³/mol. The second kappa shape index (κ2) is 11.3. The number of likely N-dealkylation sites (N-methyl/N-ethyl adjacent to an activating group) is 1. The van der Waals surface area contributed by atoms with Crippen LogP contribution in [0.1, 0.15) is 33.9 Å². The Balaban J connectivity index is 1.65. The van der Waals surface area contributed by atoms with Crippen molar-refractivity contribution in [1.82, 2.24) is 9.91 Å². The smallest absolute Gasteiger partial charge is 0.262 e. The molecule has 192 valence electrons. The minimum absolute atomic E-state index is 0.173. The second-order valence-corrected chi connectivity index (χ2v) is 8.89. The molecule has 0 aromatic heterocycles. The van der Waals surface area contributed by atoms with Gasteiger partial charge in [-0.15, -0.1) is 0 Å². The number of hydrogen-bond donors (Lipinski definition) is 0. The van der Waals surface area contributed by atoms with Crippen LogP contribution >= 0.6 is 11.6 Å². The fourth-order valence-electron chi connectivity index (χ4n) is 4.21. The van der Waals surface area contributed by atoms with Gasteiger partial charge in [-0.3, -0.25) is 9.59 Å². The van der Waals surface area contributed by atoms with Crippen molar-refractivity contribution in [2.24, 2.45) is 5.10 Å². The number of rotatable bonds is 8. The summed E-state index contributed by atoms with van der Waals surface area (Å²) in [5, 5.41) is 6.48. The zero-order valence-corrected chi connectivity index (χ0v) is 21.9. The third kappa shape index (κ3) is 5.54. The van der Waals surface area contributed by atoms with Crippen LogP contribution < -0.4 is 14.2 Å². The molecule has 0 radical (unpaired) electrons. The lowest BCUT2D eigenvalue weighted by molar-refractivity contribution is -0.133. The minimum atomic E-state index is -0.371. The molecule has 0 N–H and O–H groups in total. The van der Waals surface area contributed by atoms with Crippen LogP contribution in [-0.2, 0) is 4.79 Å². The van der Waals surface area contributed by atoms with Gasteiger partial charge in [0.15, 0.2) is 0 Å². The molecular weight excluding hydrogens is 494 g/mol. The van der Waals surface area contributed by atoms with E-state index >= 15 is 0 Å². The second-order valence-electron chi connectivity index (χ2n) is 8.49. The largest absolute Gasteiger partial charge is 0.497 e. The summed E-state index contributed by atoms with van der Waals surface area (Å²) in [6, 6.07) is 19.4. The fraction of sp³-hybridized carbons (Fsp3) is 0.250. The summed E-state index contributed by atoms with van der Waals surface area (Å²) < 4.78 is 16.2. The Kier molecular flexibility index (Phi) is 7.98. The van der Waals surface area contributed by atoms with Crippen molar-refractivity contribution in [3.8, 4) is 17.2 Å². The zero-order chi connectivity index (χ0) is 26.5. The number of methoxy groups -OCH3 is 3. The molecule has 0 aliphatic carbocycles. The highest BCUT2D eigenvalue weighted by Crippen LogP contribution is 2.36. The molecule has 1 aliphatic heterocycles. The first-order valence-corrected chi connectivity index (χ1v) is 12.0. The van der Waals surface area contributed by atoms with E-state index in [0.29, 0.717) is 40.0 Å². The van der Waals surface area contributed by atoms with Crippen molar-refractivity contribution in [3.05, 3.63) is 88.4 Å². The average molecular weight is 522 g/mol. The van der Waals surface area contributed by atoms with Gasteiger partial charge in [0.1, 0.15) is 23.8 Å². The van der Waals surface area contributed by atoms with Crippen molar-refractivity contribution in [2.75, 3.05) is 34.9 Å². The zero-order valence-electron chi connectivity index (χ0n) is 21.1. The fourth-order valence-corrected chi connectivity index (χ4v) is 4.43. The summed E-state index contributed by atoms with van der Waals surface area (Å²) in [4.78, 5) is 27.8. The Bertz CT molecular complexity index is 1330. The van der Waals surface area contributed by atoms with E-state index in [1.807, 2.05) is 36.4 Å². The number of amides is 2. The lowest BCUT2D eigenvalue weighted by atomic mass is 9.97. The SMILES string of the molecule is COc1ccc([C@@H]2CC(c3ccc(OC)cc3OC)=NN2C(=O)CN(C)C(=O)c2ccccc2Cl)cc1. The van der Waals surface area contributed by atoms with Crippen molar-refractivity contribution in [2.45, 2.75) is 12.5 Å². The lowest BCUT2D eigenvalue weighted by Gasteiger charge is -2.25. The molecular formula is C28H28ClN3O5. The van der Waals surface area contributed by atoms with Gasteiger partial charge in [0.25, 0.3) is 11.8 Å². The highest BCUT2D eigenvalue weighted by molar-refractivity contribution is 6.33. The standard InChI is InChI=1S/C28H28ClN3O5/c1-31(28(34)21-7-5-6-8-23(21)29)17-27(33)32-25(18-9-11-19(35-2)12-10-18)16-24(30-32)22-14-13-20(36-3)15-26(22)37-4/h5-15,25H,16-17H2,1-4H3/t25-/m0/s1. The first-order valence-electron chi connectivity index (χ1n) is 11.6. The molecule has 37 heavy (non-hydrogen) atoms. The maximum Gasteiger partial charge on any atom is 0.262 e. The number of carbonyl (C=O) groups is 2. The number of ether oxygens (including phenoxy) is 3. The first-order chi connectivity index (χ1) is 17.9. The molecule has 0 bridgehead atoms. The molecule has 2 amide bonds. The van der Waals surface area contributed by atoms with Crippen LogP contribution in [0.25, 0.3) is 0 Å². The summed E-state index contributed by atoms with van der Waals surface area (Å²) in [6.07, 6.45) is 0.461. The maximum absolute atomic E-state index is 13.5. The summed E-state index contributed by atoms with van der Waals surface area (Å²) in [5.74, 6) is 1.28. The van der Waals surface area contributed by atoms with Crippen LogP contribution in [-0.4, -0.2) is 62.4 Å². The van der Waals surface area contributed by atoms with E-state index in [1.54, 1.807) is 58.7 Å². The van der Waals surface area contributed by atoms with Gasteiger partial charge in [-0.25, -0.2) is 5.01 Å². The highest BCUT2D eigenvalue weighted by atomic mass is 35.5. The molecule has 1 aliphatic rings. The Morgan fingerprint density at radius 3 is 2.30 bits per heavy atom. The van der Waals surface area contributed by atoms with Gasteiger partial charge in [-0.05, 0) is 42.0 Å². The quantitative estimate of drug-likeness (QED) is 0.425. The van der Waals surface area contributed by atoms with Gasteiger partial charge < -0.3 is 19.1 Å². The molecule has 1 heterocycles. The van der Waals surface area contributed by atoms with Gasteiger partial charge in [0.2, 0.25) is 0 Å². The van der Waals surface area contributed by atoms with Gasteiger partial charge >= 0.3 is 0 Å². The number of hydrazone groups is 1. The van der Waals surface area contributed by atoms with Crippen molar-refractivity contribution >= 4 is 29.1 Å². The molecule has 1 atom stereocenters. The van der Waals surface area contributed by atoms with E-state index in [0.717, 1.165) is 11.1 Å². The normalized spacial score (nSPS) is 14.7. The van der Waals surface area contributed by atoms with E-state index < -0.39 is 0 Å². The van der Waals surface area contributed by atoms with E-state index in [9.17, 15) is 9.59 Å². The van der Waals surface area contributed by atoms with E-state index in [-0.39, 0.29) is 24.4 Å². The lowest BCUT2D eigenvalue weighted by Crippen LogP contribution is -2.39. The number of benzene rings is 3. The van der Waals surface area contributed by atoms with Crippen molar-refractivity contribution in [1.29, 1.82) is 0 Å². The molecule has 4 rings (SSSR count). The number of nitrogens with zero attached hydrogens (tertiary/aromatic N) is 3. The predicted octanol–water partition coefficient (Wildman–Crippen LogP) is 4.82. The molecule has 3 aromatic rings. The maximum atomic E-state index is 13.5. The Labute approximate surface area is 221 Å². The van der Waals surface area contributed by atoms with Gasteiger partial charge in [-0.2, -0.15) is 5.10 Å². The average Bonchev–Trinajstić information content (AvgIpc) is 3.38. The number of hydrogen-bond acceptors (Lipinski definition) is 6. The number of halogens is 1. The third-order valence-electron chi connectivity index (χ3n) is 6.21. The van der Waals surface area contributed by atoms with Gasteiger partial charge in [0.05, 0.1) is 43.7 Å². The Morgan fingerprint density at radius 1 is 0.973 bits per heavy atom. The van der Waals surface area contributed by atoms with Crippen LogP contribution in [0.3, 0.4) is 0 Å². The monoisotopic (exact) mass is 521 g/mol. The first kappa shape index (κ1) is 26.0. The summed E-state index contributed by atoms with van der Waals surface area (Å²) >= 11 is 6.20. The molecule has 8 nitrogen and oxygen atoms in total. The summed E-state index contributed by atoms with van der Waals surface area (Å²) in [7, 11) is 6.33.